The molecule has 0 bridgehead atoms. The second-order valence-electron chi connectivity index (χ2n) is 7.30. The molecule has 2 aromatic rings. The largest absolute Gasteiger partial charge is 0.427 e. The van der Waals surface area contributed by atoms with Gasteiger partial charge in [-0.2, -0.15) is 0 Å². The Morgan fingerprint density at radius 2 is 1.59 bits per heavy atom. The van der Waals surface area contributed by atoms with Gasteiger partial charge in [-0.3, -0.25) is 9.36 Å². The minimum Gasteiger partial charge on any atom is -0.427 e. The van der Waals surface area contributed by atoms with Crippen LogP contribution in [0.25, 0.3) is 10.9 Å². The first-order valence-electron chi connectivity index (χ1n) is 10.3. The number of esters is 1. The van der Waals surface area contributed by atoms with Crippen molar-refractivity contribution in [1.82, 2.24) is 9.47 Å². The quantitative estimate of drug-likeness (QED) is 0.496. The monoisotopic (exact) mass is 406 g/mol. The van der Waals surface area contributed by atoms with Crippen LogP contribution in [0.15, 0.2) is 30.5 Å². The van der Waals surface area contributed by atoms with E-state index in [2.05, 4.69) is 4.90 Å². The molecule has 0 fully saturated rings. The maximum atomic E-state index is 12.4. The van der Waals surface area contributed by atoms with Crippen LogP contribution < -0.4 is 0 Å². The standard InChI is InChI=1S/C19H26N2O4.2C2H6/c1-19(2,3)17(22)24-13-25-18(23)21-12-14(10-11-20(4)5)15-8-6-7-9-16(15)21;2*1-2/h6-9,12H,10-11,13H2,1-5H3;2*1-2H3. The number of aromatic nitrogens is 1. The zero-order valence-electron chi connectivity index (χ0n) is 19.5. The second kappa shape index (κ2) is 13.0. The van der Waals surface area contributed by atoms with Gasteiger partial charge in [-0.1, -0.05) is 45.9 Å². The molecule has 1 aromatic carbocycles. The van der Waals surface area contributed by atoms with Gasteiger partial charge in [0.25, 0.3) is 0 Å². The van der Waals surface area contributed by atoms with E-state index in [0.717, 1.165) is 29.4 Å². The molecule has 0 saturated heterocycles. The number of fused-ring (bicyclic) bond motifs is 1. The van der Waals surface area contributed by atoms with Crippen LogP contribution in [0.3, 0.4) is 0 Å². The van der Waals surface area contributed by atoms with E-state index in [1.165, 1.54) is 4.57 Å². The molecular weight excluding hydrogens is 368 g/mol. The molecule has 0 aliphatic heterocycles. The van der Waals surface area contributed by atoms with E-state index in [-0.39, 0.29) is 0 Å². The van der Waals surface area contributed by atoms with E-state index in [4.69, 9.17) is 9.47 Å². The summed E-state index contributed by atoms with van der Waals surface area (Å²) in [5.74, 6) is -0.413. The normalized spacial score (nSPS) is 10.6. The number of carbonyl (C=O) groups is 2. The van der Waals surface area contributed by atoms with Gasteiger partial charge in [0.1, 0.15) is 0 Å². The molecule has 0 unspecified atom stereocenters. The van der Waals surface area contributed by atoms with Gasteiger partial charge < -0.3 is 14.4 Å². The van der Waals surface area contributed by atoms with Gasteiger partial charge in [-0.05, 0) is 52.9 Å². The molecular formula is C23H38N2O4. The van der Waals surface area contributed by atoms with Gasteiger partial charge in [-0.15, -0.1) is 0 Å². The van der Waals surface area contributed by atoms with Crippen molar-refractivity contribution in [2.75, 3.05) is 27.4 Å². The number of ether oxygens (including phenoxy) is 2. The van der Waals surface area contributed by atoms with Crippen molar-refractivity contribution in [2.45, 2.75) is 54.9 Å². The van der Waals surface area contributed by atoms with Gasteiger partial charge in [0.05, 0.1) is 10.9 Å². The molecule has 6 heteroatoms. The number of nitrogens with zero attached hydrogens (tertiary/aromatic N) is 2. The molecule has 1 heterocycles. The number of likely N-dealkylation sites (N-methyl/N-ethyl adjacent to an activating group) is 1. The fraction of sp³-hybridized carbons (Fsp3) is 0.565. The summed E-state index contributed by atoms with van der Waals surface area (Å²) in [5, 5.41) is 1.02. The maximum absolute atomic E-state index is 12.4. The summed E-state index contributed by atoms with van der Waals surface area (Å²) in [7, 11) is 4.02. The lowest BCUT2D eigenvalue weighted by molar-refractivity contribution is -0.161. The van der Waals surface area contributed by atoms with Crippen LogP contribution in [0.2, 0.25) is 0 Å². The van der Waals surface area contributed by atoms with E-state index < -0.39 is 24.3 Å². The number of benzene rings is 1. The predicted octanol–water partition coefficient (Wildman–Crippen LogP) is 5.33. The molecule has 2 rings (SSSR count). The van der Waals surface area contributed by atoms with Crippen molar-refractivity contribution in [2.24, 2.45) is 5.41 Å². The molecule has 29 heavy (non-hydrogen) atoms. The molecule has 0 N–H and O–H groups in total. The first-order valence-corrected chi connectivity index (χ1v) is 10.3. The van der Waals surface area contributed by atoms with Crippen molar-refractivity contribution in [1.29, 1.82) is 0 Å². The SMILES string of the molecule is CC.CC.CN(C)CCc1cn(C(=O)OCOC(=O)C(C)(C)C)c2ccccc12. The first kappa shape index (κ1) is 26.7. The smallest absolute Gasteiger partial charge is 0.421 e. The lowest BCUT2D eigenvalue weighted by Crippen LogP contribution is -2.25. The van der Waals surface area contributed by atoms with Gasteiger partial charge >= 0.3 is 12.1 Å². The van der Waals surface area contributed by atoms with Crippen LogP contribution in [0.5, 0.6) is 0 Å². The van der Waals surface area contributed by atoms with Gasteiger partial charge in [0.15, 0.2) is 0 Å². The topological polar surface area (TPSA) is 60.8 Å². The average molecular weight is 407 g/mol. The summed E-state index contributed by atoms with van der Waals surface area (Å²) in [6.45, 7) is 13.7. The Balaban J connectivity index is 0.00000184. The fourth-order valence-electron chi connectivity index (χ4n) is 2.36. The Hall–Kier alpha value is -2.34. The third-order valence-electron chi connectivity index (χ3n) is 3.80. The van der Waals surface area contributed by atoms with Gasteiger partial charge in [-0.25, -0.2) is 4.79 Å². The van der Waals surface area contributed by atoms with Crippen molar-refractivity contribution in [3.8, 4) is 0 Å². The average Bonchev–Trinajstić information content (AvgIpc) is 3.07. The number of hydrogen-bond acceptors (Lipinski definition) is 5. The van der Waals surface area contributed by atoms with Crippen LogP contribution in [-0.4, -0.2) is 49.0 Å². The van der Waals surface area contributed by atoms with Crippen molar-refractivity contribution < 1.29 is 19.1 Å². The molecule has 0 radical (unpaired) electrons. The van der Waals surface area contributed by atoms with Crippen LogP contribution >= 0.6 is 0 Å². The van der Waals surface area contributed by atoms with Crippen molar-refractivity contribution in [3.05, 3.63) is 36.0 Å². The first-order chi connectivity index (χ1) is 13.7. The number of hydrogen-bond donors (Lipinski definition) is 0. The summed E-state index contributed by atoms with van der Waals surface area (Å²) >= 11 is 0. The predicted molar refractivity (Wildman–Crippen MR) is 119 cm³/mol. The lowest BCUT2D eigenvalue weighted by atomic mass is 9.98. The molecule has 0 saturated carbocycles. The maximum Gasteiger partial charge on any atom is 0.421 e. The highest BCUT2D eigenvalue weighted by atomic mass is 16.7. The highest BCUT2D eigenvalue weighted by Gasteiger charge is 2.23. The summed E-state index contributed by atoms with van der Waals surface area (Å²) in [4.78, 5) is 26.2. The third kappa shape index (κ3) is 8.28. The highest BCUT2D eigenvalue weighted by Crippen LogP contribution is 2.22. The van der Waals surface area contributed by atoms with Crippen LogP contribution in [0, 0.1) is 5.41 Å². The number of rotatable bonds is 5. The van der Waals surface area contributed by atoms with Crippen LogP contribution in [0.1, 0.15) is 54.0 Å². The molecule has 1 aromatic heterocycles. The summed E-state index contributed by atoms with van der Waals surface area (Å²) < 4.78 is 11.6. The lowest BCUT2D eigenvalue weighted by Gasteiger charge is -2.16. The second-order valence-corrected chi connectivity index (χ2v) is 7.30. The zero-order valence-corrected chi connectivity index (χ0v) is 19.5. The summed E-state index contributed by atoms with van der Waals surface area (Å²) in [6.07, 6.45) is 2.06. The zero-order chi connectivity index (χ0) is 22.6. The van der Waals surface area contributed by atoms with Crippen molar-refractivity contribution in [3.63, 3.8) is 0 Å². The Morgan fingerprint density at radius 1 is 1.00 bits per heavy atom. The minimum atomic E-state index is -0.633. The van der Waals surface area contributed by atoms with Gasteiger partial charge in [0, 0.05) is 18.1 Å². The molecule has 0 aliphatic carbocycles. The third-order valence-corrected chi connectivity index (χ3v) is 3.80. The summed E-state index contributed by atoms with van der Waals surface area (Å²) in [5.41, 5.74) is 1.22. The van der Waals surface area contributed by atoms with Crippen LogP contribution in [0.4, 0.5) is 4.79 Å². The fourth-order valence-corrected chi connectivity index (χ4v) is 2.36. The van der Waals surface area contributed by atoms with E-state index in [9.17, 15) is 9.59 Å². The molecule has 164 valence electrons. The Bertz CT molecular complexity index is 758. The van der Waals surface area contributed by atoms with Crippen molar-refractivity contribution >= 4 is 23.0 Å². The minimum absolute atomic E-state index is 0.394. The molecule has 0 aliphatic rings. The molecule has 6 nitrogen and oxygen atoms in total. The van der Waals surface area contributed by atoms with E-state index in [0.29, 0.717) is 0 Å². The number of para-hydroxylation sites is 1. The van der Waals surface area contributed by atoms with E-state index in [1.807, 2.05) is 66.1 Å². The van der Waals surface area contributed by atoms with E-state index in [1.54, 1.807) is 27.0 Å². The van der Waals surface area contributed by atoms with Gasteiger partial charge in [0.2, 0.25) is 6.79 Å². The summed E-state index contributed by atoms with van der Waals surface area (Å²) in [6, 6.07) is 7.68. The molecule has 0 spiro atoms. The molecule has 0 amide bonds. The Kier molecular flexibility index (Phi) is 11.9. The Morgan fingerprint density at radius 3 is 2.14 bits per heavy atom. The highest BCUT2D eigenvalue weighted by molar-refractivity contribution is 5.92. The van der Waals surface area contributed by atoms with E-state index >= 15 is 0 Å². The Labute approximate surface area is 175 Å². The van der Waals surface area contributed by atoms with Crippen LogP contribution in [-0.2, 0) is 20.7 Å². The number of carbonyl (C=O) groups excluding carboxylic acids is 2. The molecule has 0 atom stereocenters.